The number of fused-ring (bicyclic) bond motifs is 3. The fraction of sp³-hybridized carbons (Fsp3) is 0.474. The van der Waals surface area contributed by atoms with Gasteiger partial charge in [-0.2, -0.15) is 4.98 Å². The molecule has 1 aromatic carbocycles. The Labute approximate surface area is 164 Å². The first-order valence-corrected chi connectivity index (χ1v) is 9.70. The first-order valence-electron chi connectivity index (χ1n) is 9.32. The predicted octanol–water partition coefficient (Wildman–Crippen LogP) is 3.56. The van der Waals surface area contributed by atoms with Crippen molar-refractivity contribution >= 4 is 29.1 Å². The number of benzene rings is 1. The Balaban J connectivity index is 1.80. The highest BCUT2D eigenvalue weighted by molar-refractivity contribution is 6.33. The zero-order valence-electron chi connectivity index (χ0n) is 15.6. The molecule has 2 atom stereocenters. The monoisotopic (exact) mass is 389 g/mol. The molecule has 0 amide bonds. The summed E-state index contributed by atoms with van der Waals surface area (Å²) in [6.45, 7) is 4.36. The molecule has 144 valence electrons. The van der Waals surface area contributed by atoms with Crippen LogP contribution in [0.5, 0.6) is 5.75 Å². The lowest BCUT2D eigenvalue weighted by Gasteiger charge is -2.43. The predicted molar refractivity (Wildman–Crippen MR) is 108 cm³/mol. The van der Waals surface area contributed by atoms with E-state index in [-0.39, 0.29) is 12.6 Å². The average Bonchev–Trinajstić information content (AvgIpc) is 3.06. The SMILES string of the molecule is CCNc1ncc2c(n1)N1CCCC1C[N+]([O-])(c1cc(OC)ccc1Cl)C2. The molecule has 0 bridgehead atoms. The lowest BCUT2D eigenvalue weighted by atomic mass is 10.1. The summed E-state index contributed by atoms with van der Waals surface area (Å²) in [6.07, 6.45) is 3.81. The molecule has 2 aliphatic rings. The van der Waals surface area contributed by atoms with Gasteiger partial charge in [0, 0.05) is 25.4 Å². The lowest BCUT2D eigenvalue weighted by Crippen LogP contribution is -2.49. The first-order chi connectivity index (χ1) is 13.0. The second-order valence-electron chi connectivity index (χ2n) is 7.11. The van der Waals surface area contributed by atoms with Crippen LogP contribution in [0.4, 0.5) is 17.5 Å². The van der Waals surface area contributed by atoms with Gasteiger partial charge >= 0.3 is 0 Å². The molecule has 1 saturated heterocycles. The minimum Gasteiger partial charge on any atom is -0.627 e. The molecule has 4 rings (SSSR count). The van der Waals surface area contributed by atoms with Crippen molar-refractivity contribution in [2.45, 2.75) is 32.4 Å². The van der Waals surface area contributed by atoms with Crippen molar-refractivity contribution in [2.75, 3.05) is 37.0 Å². The number of halogens is 1. The highest BCUT2D eigenvalue weighted by atomic mass is 35.5. The van der Waals surface area contributed by atoms with Gasteiger partial charge in [0.1, 0.15) is 29.7 Å². The van der Waals surface area contributed by atoms with Crippen molar-refractivity contribution in [1.82, 2.24) is 14.6 Å². The van der Waals surface area contributed by atoms with Crippen LogP contribution in [0, 0.1) is 5.21 Å². The standard InChI is InChI=1S/C19H24ClN5O2/c1-3-21-19-22-10-13-11-25(26,17-9-15(27-2)6-7-16(17)20)12-14-5-4-8-24(14)18(13)23-19/h6-7,9-10,14H,3-5,8,11-12H2,1-2H3,(H,21,22,23). The Hall–Kier alpha value is -2.09. The van der Waals surface area contributed by atoms with Crippen molar-refractivity contribution in [3.05, 3.63) is 40.2 Å². The number of methoxy groups -OCH3 is 1. The van der Waals surface area contributed by atoms with Crippen LogP contribution in [0.3, 0.4) is 0 Å². The summed E-state index contributed by atoms with van der Waals surface area (Å²) < 4.78 is 4.79. The number of aromatic nitrogens is 2. The molecule has 2 unspecified atom stereocenters. The molecule has 0 radical (unpaired) electrons. The van der Waals surface area contributed by atoms with Crippen LogP contribution in [-0.2, 0) is 6.54 Å². The topological polar surface area (TPSA) is 73.3 Å². The van der Waals surface area contributed by atoms with E-state index in [0.29, 0.717) is 29.0 Å². The third-order valence-electron chi connectivity index (χ3n) is 5.35. The van der Waals surface area contributed by atoms with Crippen LogP contribution >= 0.6 is 11.6 Å². The van der Waals surface area contributed by atoms with Gasteiger partial charge in [-0.05, 0) is 31.9 Å². The molecule has 8 heteroatoms. The fourth-order valence-electron chi connectivity index (χ4n) is 4.10. The number of anilines is 2. The molecule has 1 N–H and O–H groups in total. The summed E-state index contributed by atoms with van der Waals surface area (Å²) in [7, 11) is 1.59. The third kappa shape index (κ3) is 3.31. The van der Waals surface area contributed by atoms with Crippen LogP contribution in [0.15, 0.2) is 24.4 Å². The van der Waals surface area contributed by atoms with Crippen molar-refractivity contribution in [2.24, 2.45) is 0 Å². The van der Waals surface area contributed by atoms with E-state index in [1.165, 1.54) is 0 Å². The Morgan fingerprint density at radius 1 is 1.44 bits per heavy atom. The number of nitrogens with zero attached hydrogens (tertiary/aromatic N) is 4. The van der Waals surface area contributed by atoms with Crippen molar-refractivity contribution in [3.63, 3.8) is 0 Å². The van der Waals surface area contributed by atoms with Gasteiger partial charge in [-0.25, -0.2) is 4.98 Å². The summed E-state index contributed by atoms with van der Waals surface area (Å²) in [6, 6.07) is 5.40. The number of ether oxygens (including phenoxy) is 1. The van der Waals surface area contributed by atoms with Gasteiger partial charge < -0.3 is 24.8 Å². The van der Waals surface area contributed by atoms with E-state index in [4.69, 9.17) is 21.3 Å². The number of quaternary nitrogens is 1. The number of hydrogen-bond acceptors (Lipinski definition) is 6. The van der Waals surface area contributed by atoms with Crippen LogP contribution in [0.1, 0.15) is 25.3 Å². The molecule has 0 aliphatic carbocycles. The van der Waals surface area contributed by atoms with Gasteiger partial charge in [-0.15, -0.1) is 0 Å². The summed E-state index contributed by atoms with van der Waals surface area (Å²) in [4.78, 5) is 11.4. The van der Waals surface area contributed by atoms with Gasteiger partial charge in [0.05, 0.1) is 18.7 Å². The number of rotatable bonds is 4. The molecule has 1 fully saturated rings. The largest absolute Gasteiger partial charge is 0.627 e. The van der Waals surface area contributed by atoms with E-state index in [1.54, 1.807) is 31.5 Å². The van der Waals surface area contributed by atoms with E-state index < -0.39 is 4.65 Å². The van der Waals surface area contributed by atoms with Crippen molar-refractivity contribution in [3.8, 4) is 5.75 Å². The maximum Gasteiger partial charge on any atom is 0.224 e. The fourth-order valence-corrected chi connectivity index (χ4v) is 4.37. The smallest absolute Gasteiger partial charge is 0.224 e. The maximum absolute atomic E-state index is 14.0. The summed E-state index contributed by atoms with van der Waals surface area (Å²) in [5, 5.41) is 17.7. The zero-order chi connectivity index (χ0) is 19.0. The molecule has 0 saturated carbocycles. The van der Waals surface area contributed by atoms with Crippen LogP contribution in [0.25, 0.3) is 0 Å². The Kier molecular flexibility index (Phi) is 4.84. The number of nitrogens with one attached hydrogen (secondary N) is 1. The van der Waals surface area contributed by atoms with Gasteiger partial charge in [0.15, 0.2) is 5.69 Å². The Morgan fingerprint density at radius 3 is 3.07 bits per heavy atom. The highest BCUT2D eigenvalue weighted by Gasteiger charge is 2.40. The van der Waals surface area contributed by atoms with Crippen LogP contribution in [-0.4, -0.2) is 42.8 Å². The van der Waals surface area contributed by atoms with E-state index in [1.807, 2.05) is 6.92 Å². The molecule has 7 nitrogen and oxygen atoms in total. The van der Waals surface area contributed by atoms with Crippen molar-refractivity contribution < 1.29 is 4.74 Å². The molecular weight excluding hydrogens is 366 g/mol. The molecule has 27 heavy (non-hydrogen) atoms. The molecule has 1 aromatic heterocycles. The van der Waals surface area contributed by atoms with Gasteiger partial charge in [-0.3, -0.25) is 0 Å². The molecule has 2 aliphatic heterocycles. The van der Waals surface area contributed by atoms with E-state index >= 15 is 0 Å². The third-order valence-corrected chi connectivity index (χ3v) is 5.67. The molecule has 2 aromatic rings. The van der Waals surface area contributed by atoms with Crippen LogP contribution < -0.4 is 19.6 Å². The molecule has 0 spiro atoms. The molecular formula is C19H24ClN5O2. The quantitative estimate of drug-likeness (QED) is 0.636. The van der Waals surface area contributed by atoms with E-state index in [2.05, 4.69) is 15.2 Å². The second-order valence-corrected chi connectivity index (χ2v) is 7.52. The maximum atomic E-state index is 14.0. The average molecular weight is 390 g/mol. The van der Waals surface area contributed by atoms with Gasteiger partial charge in [0.25, 0.3) is 0 Å². The van der Waals surface area contributed by atoms with Crippen molar-refractivity contribution in [1.29, 1.82) is 0 Å². The van der Waals surface area contributed by atoms with E-state index in [0.717, 1.165) is 37.3 Å². The second kappa shape index (κ2) is 7.14. The minimum absolute atomic E-state index is 0.135. The van der Waals surface area contributed by atoms with Gasteiger partial charge in [-0.1, -0.05) is 11.6 Å². The Morgan fingerprint density at radius 2 is 2.30 bits per heavy atom. The lowest BCUT2D eigenvalue weighted by molar-refractivity contribution is 0.343. The highest BCUT2D eigenvalue weighted by Crippen LogP contribution is 2.41. The minimum atomic E-state index is -0.534. The summed E-state index contributed by atoms with van der Waals surface area (Å²) in [5.41, 5.74) is 1.39. The summed E-state index contributed by atoms with van der Waals surface area (Å²) in [5.74, 6) is 2.11. The number of hydroxylamine groups is 2. The number of hydrogen-bond donors (Lipinski definition) is 1. The Bertz CT molecular complexity index is 849. The zero-order valence-corrected chi connectivity index (χ0v) is 16.4. The van der Waals surface area contributed by atoms with E-state index in [9.17, 15) is 5.21 Å². The van der Waals surface area contributed by atoms with Crippen LogP contribution in [0.2, 0.25) is 5.02 Å². The molecule has 3 heterocycles. The first kappa shape index (κ1) is 18.3. The normalized spacial score (nSPS) is 24.1. The van der Waals surface area contributed by atoms with Gasteiger partial charge in [0.2, 0.25) is 5.95 Å². The summed E-state index contributed by atoms with van der Waals surface area (Å²) >= 11 is 6.44.